The van der Waals surface area contributed by atoms with Crippen LogP contribution >= 0.6 is 23.1 Å². The Balaban J connectivity index is 1.49. The standard InChI is InChI=1S/C20H16FN3O3S2/c1-27-16-7-6-12(21)8-13(16)14-10-29-20(22-14)23-18(25)9-24-15-4-2-3-5-17(15)28-11-19(24)26/h2-8,10H,9,11H2,1H3,(H,22,23,25). The fraction of sp³-hybridized carbons (Fsp3) is 0.150. The molecular weight excluding hydrogens is 413 g/mol. The number of aromatic nitrogens is 1. The minimum atomic E-state index is -0.403. The summed E-state index contributed by atoms with van der Waals surface area (Å²) in [7, 11) is 1.50. The second-order valence-corrected chi connectivity index (χ2v) is 8.04. The maximum absolute atomic E-state index is 13.6. The van der Waals surface area contributed by atoms with Crippen LogP contribution in [0.1, 0.15) is 0 Å². The molecule has 0 spiro atoms. The molecule has 0 atom stereocenters. The van der Waals surface area contributed by atoms with Crippen LogP contribution in [0.3, 0.4) is 0 Å². The molecule has 1 N–H and O–H groups in total. The van der Waals surface area contributed by atoms with E-state index in [4.69, 9.17) is 4.74 Å². The van der Waals surface area contributed by atoms with Gasteiger partial charge < -0.3 is 15.0 Å². The van der Waals surface area contributed by atoms with E-state index in [-0.39, 0.29) is 18.4 Å². The van der Waals surface area contributed by atoms with Crippen LogP contribution in [0.25, 0.3) is 11.3 Å². The Labute approximate surface area is 174 Å². The predicted molar refractivity (Wildman–Crippen MR) is 112 cm³/mol. The molecule has 0 bridgehead atoms. The highest BCUT2D eigenvalue weighted by molar-refractivity contribution is 8.00. The minimum Gasteiger partial charge on any atom is -0.496 e. The van der Waals surface area contributed by atoms with Gasteiger partial charge in [-0.15, -0.1) is 23.1 Å². The summed E-state index contributed by atoms with van der Waals surface area (Å²) in [4.78, 5) is 31.6. The Morgan fingerprint density at radius 3 is 2.97 bits per heavy atom. The fourth-order valence-corrected chi connectivity index (χ4v) is 4.63. The van der Waals surface area contributed by atoms with E-state index in [9.17, 15) is 14.0 Å². The molecule has 2 amide bonds. The molecule has 0 aliphatic carbocycles. The minimum absolute atomic E-state index is 0.103. The highest BCUT2D eigenvalue weighted by Gasteiger charge is 2.26. The lowest BCUT2D eigenvalue weighted by atomic mass is 10.1. The Bertz CT molecular complexity index is 1090. The van der Waals surface area contributed by atoms with E-state index < -0.39 is 5.82 Å². The molecule has 3 aromatic rings. The number of anilines is 2. The number of nitrogens with one attached hydrogen (secondary N) is 1. The van der Waals surface area contributed by atoms with Crippen LogP contribution in [0.2, 0.25) is 0 Å². The number of hydrogen-bond acceptors (Lipinski definition) is 6. The summed E-state index contributed by atoms with van der Waals surface area (Å²) in [5, 5.41) is 4.79. The van der Waals surface area contributed by atoms with Crippen LogP contribution < -0.4 is 15.0 Å². The molecule has 4 rings (SSSR count). The number of methoxy groups -OCH3 is 1. The SMILES string of the molecule is COc1ccc(F)cc1-c1csc(NC(=O)CN2C(=O)CSc3ccccc32)n1. The number of thiazole rings is 1. The normalized spacial score (nSPS) is 13.2. The van der Waals surface area contributed by atoms with E-state index in [2.05, 4.69) is 10.3 Å². The summed E-state index contributed by atoms with van der Waals surface area (Å²) in [5.74, 6) is -0.0899. The first kappa shape index (κ1) is 19.4. The summed E-state index contributed by atoms with van der Waals surface area (Å²) >= 11 is 2.68. The van der Waals surface area contributed by atoms with Gasteiger partial charge in [0, 0.05) is 15.8 Å². The monoisotopic (exact) mass is 429 g/mol. The Morgan fingerprint density at radius 1 is 1.31 bits per heavy atom. The molecule has 148 valence electrons. The maximum atomic E-state index is 13.6. The average Bonchev–Trinajstić information content (AvgIpc) is 3.18. The van der Waals surface area contributed by atoms with Crippen molar-refractivity contribution >= 4 is 45.7 Å². The third-order valence-electron chi connectivity index (χ3n) is 4.30. The van der Waals surface area contributed by atoms with Crippen molar-refractivity contribution in [3.8, 4) is 17.0 Å². The van der Waals surface area contributed by atoms with E-state index in [0.717, 1.165) is 10.6 Å². The third kappa shape index (κ3) is 4.10. The number of benzene rings is 2. The third-order valence-corrected chi connectivity index (χ3v) is 6.10. The molecule has 1 aliphatic heterocycles. The number of nitrogens with zero attached hydrogens (tertiary/aromatic N) is 2. The molecule has 9 heteroatoms. The van der Waals surface area contributed by atoms with Crippen molar-refractivity contribution in [3.05, 3.63) is 53.7 Å². The lowest BCUT2D eigenvalue weighted by Gasteiger charge is -2.28. The molecule has 0 radical (unpaired) electrons. The van der Waals surface area contributed by atoms with Gasteiger partial charge in [-0.3, -0.25) is 9.59 Å². The van der Waals surface area contributed by atoms with E-state index in [0.29, 0.717) is 27.9 Å². The van der Waals surface area contributed by atoms with Gasteiger partial charge in [0.2, 0.25) is 11.8 Å². The summed E-state index contributed by atoms with van der Waals surface area (Å²) in [6.45, 7) is -0.103. The van der Waals surface area contributed by atoms with Gasteiger partial charge in [0.25, 0.3) is 0 Å². The summed E-state index contributed by atoms with van der Waals surface area (Å²) in [6, 6.07) is 11.7. The van der Waals surface area contributed by atoms with Crippen molar-refractivity contribution in [2.45, 2.75) is 4.90 Å². The quantitative estimate of drug-likeness (QED) is 0.663. The van der Waals surface area contributed by atoms with Crippen molar-refractivity contribution in [1.29, 1.82) is 0 Å². The fourth-order valence-electron chi connectivity index (χ4n) is 2.96. The number of rotatable bonds is 5. The number of ether oxygens (including phenoxy) is 1. The van der Waals surface area contributed by atoms with Crippen LogP contribution in [0, 0.1) is 5.82 Å². The van der Waals surface area contributed by atoms with Crippen molar-refractivity contribution in [1.82, 2.24) is 4.98 Å². The van der Waals surface area contributed by atoms with Crippen LogP contribution in [0.4, 0.5) is 15.2 Å². The Hall–Kier alpha value is -2.91. The second kappa shape index (κ2) is 8.22. The first-order valence-electron chi connectivity index (χ1n) is 8.66. The van der Waals surface area contributed by atoms with Gasteiger partial charge in [-0.1, -0.05) is 12.1 Å². The zero-order valence-electron chi connectivity index (χ0n) is 15.3. The van der Waals surface area contributed by atoms with Gasteiger partial charge >= 0.3 is 0 Å². The molecule has 0 saturated carbocycles. The van der Waals surface area contributed by atoms with Gasteiger partial charge in [-0.2, -0.15) is 0 Å². The molecule has 0 unspecified atom stereocenters. The first-order valence-corrected chi connectivity index (χ1v) is 10.5. The number of halogens is 1. The number of carbonyl (C=O) groups excluding carboxylic acids is 2. The summed E-state index contributed by atoms with van der Waals surface area (Å²) in [6.07, 6.45) is 0. The second-order valence-electron chi connectivity index (χ2n) is 6.17. The molecule has 2 heterocycles. The lowest BCUT2D eigenvalue weighted by Crippen LogP contribution is -2.41. The highest BCUT2D eigenvalue weighted by Crippen LogP contribution is 2.35. The van der Waals surface area contributed by atoms with E-state index >= 15 is 0 Å². The molecule has 6 nitrogen and oxygen atoms in total. The first-order chi connectivity index (χ1) is 14.0. The number of hydrogen-bond donors (Lipinski definition) is 1. The molecule has 1 aliphatic rings. The molecule has 29 heavy (non-hydrogen) atoms. The zero-order valence-corrected chi connectivity index (χ0v) is 17.0. The van der Waals surface area contributed by atoms with Crippen molar-refractivity contribution in [2.24, 2.45) is 0 Å². The lowest BCUT2D eigenvalue weighted by molar-refractivity contribution is -0.120. The summed E-state index contributed by atoms with van der Waals surface area (Å²) < 4.78 is 18.9. The van der Waals surface area contributed by atoms with Crippen LogP contribution in [0.15, 0.2) is 52.7 Å². The Morgan fingerprint density at radius 2 is 2.14 bits per heavy atom. The van der Waals surface area contributed by atoms with Crippen molar-refractivity contribution in [3.63, 3.8) is 0 Å². The number of carbonyl (C=O) groups is 2. The van der Waals surface area contributed by atoms with E-state index in [1.165, 1.54) is 53.3 Å². The topological polar surface area (TPSA) is 71.5 Å². The van der Waals surface area contributed by atoms with Gasteiger partial charge in [0.05, 0.1) is 24.2 Å². The van der Waals surface area contributed by atoms with Crippen LogP contribution in [-0.4, -0.2) is 36.2 Å². The smallest absolute Gasteiger partial charge is 0.246 e. The molecule has 2 aromatic carbocycles. The van der Waals surface area contributed by atoms with Gasteiger partial charge in [0.1, 0.15) is 18.1 Å². The number of amides is 2. The Kier molecular flexibility index (Phi) is 5.50. The van der Waals surface area contributed by atoms with Gasteiger partial charge in [-0.05, 0) is 30.3 Å². The number of thioether (sulfide) groups is 1. The van der Waals surface area contributed by atoms with E-state index in [1.807, 2.05) is 24.3 Å². The molecule has 0 saturated heterocycles. The van der Waals surface area contributed by atoms with Crippen LogP contribution in [0.5, 0.6) is 5.75 Å². The van der Waals surface area contributed by atoms with Crippen molar-refractivity contribution in [2.75, 3.05) is 29.6 Å². The summed E-state index contributed by atoms with van der Waals surface area (Å²) in [5.41, 5.74) is 1.73. The van der Waals surface area contributed by atoms with E-state index in [1.54, 1.807) is 5.38 Å². The molecule has 0 fully saturated rings. The largest absolute Gasteiger partial charge is 0.496 e. The van der Waals surface area contributed by atoms with Crippen LogP contribution in [-0.2, 0) is 9.59 Å². The van der Waals surface area contributed by atoms with Gasteiger partial charge in [0.15, 0.2) is 5.13 Å². The van der Waals surface area contributed by atoms with Crippen molar-refractivity contribution < 1.29 is 18.7 Å². The number of para-hydroxylation sites is 1. The average molecular weight is 429 g/mol. The van der Waals surface area contributed by atoms with Gasteiger partial charge in [-0.25, -0.2) is 9.37 Å². The number of fused-ring (bicyclic) bond motifs is 1. The highest BCUT2D eigenvalue weighted by atomic mass is 32.2. The predicted octanol–water partition coefficient (Wildman–Crippen LogP) is 4.04. The molecular formula is C20H16FN3O3S2. The molecule has 1 aromatic heterocycles. The maximum Gasteiger partial charge on any atom is 0.246 e. The zero-order chi connectivity index (χ0) is 20.4.